The molecule has 0 aliphatic carbocycles. The largest absolute Gasteiger partial charge is 0.295 e. The molecule has 0 bridgehead atoms. The number of pyridine rings is 1. The molecule has 0 spiro atoms. The van der Waals surface area contributed by atoms with Gasteiger partial charge in [-0.2, -0.15) is 0 Å². The Morgan fingerprint density at radius 2 is 1.45 bits per heavy atom. The number of nitrogens with zero attached hydrogens (tertiary/aromatic N) is 2. The summed E-state index contributed by atoms with van der Waals surface area (Å²) in [5, 5.41) is 0. The van der Waals surface area contributed by atoms with Crippen molar-refractivity contribution in [3.8, 4) is 11.3 Å². The predicted octanol–water partition coefficient (Wildman–Crippen LogP) is 8.33. The second kappa shape index (κ2) is 12.7. The highest BCUT2D eigenvalue weighted by Crippen LogP contribution is 2.30. The third kappa shape index (κ3) is 6.54. The van der Waals surface area contributed by atoms with Crippen LogP contribution in [0.15, 0.2) is 60.7 Å². The average molecular weight is 443 g/mol. The van der Waals surface area contributed by atoms with Crippen LogP contribution in [0.3, 0.4) is 0 Å². The number of aryl methyl sites for hydroxylation is 3. The van der Waals surface area contributed by atoms with Crippen molar-refractivity contribution < 1.29 is 0 Å². The molecular weight excluding hydrogens is 400 g/mol. The van der Waals surface area contributed by atoms with Crippen molar-refractivity contribution in [1.82, 2.24) is 9.88 Å². The summed E-state index contributed by atoms with van der Waals surface area (Å²) in [4.78, 5) is 7.62. The van der Waals surface area contributed by atoms with E-state index >= 15 is 0 Å². The molecule has 0 N–H and O–H groups in total. The smallest absolute Gasteiger partial charge is 0.0710 e. The van der Waals surface area contributed by atoms with Gasteiger partial charge in [0.25, 0.3) is 0 Å². The van der Waals surface area contributed by atoms with E-state index in [0.29, 0.717) is 6.04 Å². The number of hydrogen-bond donors (Lipinski definition) is 0. The van der Waals surface area contributed by atoms with Gasteiger partial charge < -0.3 is 0 Å². The van der Waals surface area contributed by atoms with Gasteiger partial charge in [0.2, 0.25) is 0 Å². The average Bonchev–Trinajstić information content (AvgIpc) is 2.85. The van der Waals surface area contributed by atoms with Gasteiger partial charge in [-0.1, -0.05) is 101 Å². The molecule has 33 heavy (non-hydrogen) atoms. The highest BCUT2D eigenvalue weighted by molar-refractivity contribution is 5.68. The molecule has 176 valence electrons. The monoisotopic (exact) mass is 442 g/mol. The van der Waals surface area contributed by atoms with Gasteiger partial charge in [0, 0.05) is 23.8 Å². The molecule has 0 aliphatic rings. The van der Waals surface area contributed by atoms with Gasteiger partial charge in [-0.25, -0.2) is 0 Å². The third-order valence-corrected chi connectivity index (χ3v) is 6.92. The van der Waals surface area contributed by atoms with Crippen LogP contribution in [-0.4, -0.2) is 16.9 Å². The van der Waals surface area contributed by atoms with Crippen LogP contribution < -0.4 is 0 Å². The molecule has 3 aromatic rings. The SMILES string of the molecule is CCCCCCC(c1ccccc1)N(C)Cc1ccc(-c2c(CC)cccc2CC)nc1C. The molecule has 0 radical (unpaired) electrons. The number of hydrogen-bond acceptors (Lipinski definition) is 2. The van der Waals surface area contributed by atoms with E-state index in [9.17, 15) is 0 Å². The van der Waals surface area contributed by atoms with Crippen LogP contribution in [0.2, 0.25) is 0 Å². The normalized spacial score (nSPS) is 12.3. The van der Waals surface area contributed by atoms with Gasteiger partial charge >= 0.3 is 0 Å². The molecule has 2 heteroatoms. The van der Waals surface area contributed by atoms with E-state index in [1.165, 1.54) is 59.9 Å². The van der Waals surface area contributed by atoms with E-state index in [-0.39, 0.29) is 0 Å². The van der Waals surface area contributed by atoms with E-state index in [4.69, 9.17) is 4.98 Å². The first-order valence-electron chi connectivity index (χ1n) is 12.9. The Hall–Kier alpha value is -2.45. The molecule has 0 aliphatic heterocycles. The highest BCUT2D eigenvalue weighted by Gasteiger charge is 2.18. The number of rotatable bonds is 12. The molecule has 0 saturated carbocycles. The van der Waals surface area contributed by atoms with E-state index in [0.717, 1.165) is 30.8 Å². The molecule has 3 rings (SSSR count). The summed E-state index contributed by atoms with van der Waals surface area (Å²) in [6, 6.07) is 22.7. The van der Waals surface area contributed by atoms with Gasteiger partial charge in [0.05, 0.1) is 5.69 Å². The maximum Gasteiger partial charge on any atom is 0.0710 e. The molecular formula is C31H42N2. The zero-order chi connectivity index (χ0) is 23.6. The van der Waals surface area contributed by atoms with Gasteiger partial charge in [0.1, 0.15) is 0 Å². The molecule has 0 saturated heterocycles. The summed E-state index contributed by atoms with van der Waals surface area (Å²) in [5.74, 6) is 0. The summed E-state index contributed by atoms with van der Waals surface area (Å²) in [7, 11) is 2.27. The lowest BCUT2D eigenvalue weighted by atomic mass is 9.94. The Morgan fingerprint density at radius 3 is 2.06 bits per heavy atom. The minimum Gasteiger partial charge on any atom is -0.295 e. The second-order valence-electron chi connectivity index (χ2n) is 9.29. The lowest BCUT2D eigenvalue weighted by Gasteiger charge is -2.29. The number of aromatic nitrogens is 1. The summed E-state index contributed by atoms with van der Waals surface area (Å²) in [6.07, 6.45) is 8.48. The molecule has 2 aromatic carbocycles. The first kappa shape index (κ1) is 25.2. The molecule has 1 unspecified atom stereocenters. The first-order valence-corrected chi connectivity index (χ1v) is 12.9. The molecule has 1 heterocycles. The summed E-state index contributed by atoms with van der Waals surface area (Å²) >= 11 is 0. The van der Waals surface area contributed by atoms with Crippen molar-refractivity contribution in [3.63, 3.8) is 0 Å². The summed E-state index contributed by atoms with van der Waals surface area (Å²) < 4.78 is 0. The topological polar surface area (TPSA) is 16.1 Å². The second-order valence-corrected chi connectivity index (χ2v) is 9.29. The lowest BCUT2D eigenvalue weighted by Crippen LogP contribution is -2.25. The van der Waals surface area contributed by atoms with Crippen molar-refractivity contribution in [2.24, 2.45) is 0 Å². The van der Waals surface area contributed by atoms with Crippen LogP contribution in [0, 0.1) is 6.92 Å². The first-order chi connectivity index (χ1) is 16.1. The Labute approximate surface area is 202 Å². The van der Waals surface area contributed by atoms with Crippen LogP contribution in [-0.2, 0) is 19.4 Å². The molecule has 1 aromatic heterocycles. The minimum atomic E-state index is 0.439. The maximum atomic E-state index is 5.11. The predicted molar refractivity (Wildman–Crippen MR) is 143 cm³/mol. The Bertz CT molecular complexity index is 971. The summed E-state index contributed by atoms with van der Waals surface area (Å²) in [5.41, 5.74) is 9.12. The standard InChI is InChI=1S/C31H42N2/c1-6-9-10-14-20-30(27-16-12-11-13-17-27)33(5)23-28-21-22-29(32-24(28)4)31-25(7-2)18-15-19-26(31)8-3/h11-13,15-19,21-22,30H,6-10,14,20,23H2,1-5H3. The molecule has 1 atom stereocenters. The van der Waals surface area contributed by atoms with Crippen LogP contribution in [0.25, 0.3) is 11.3 Å². The van der Waals surface area contributed by atoms with E-state index in [1.807, 2.05) is 0 Å². The Kier molecular flexibility index (Phi) is 9.69. The van der Waals surface area contributed by atoms with Gasteiger partial charge in [-0.05, 0) is 61.6 Å². The van der Waals surface area contributed by atoms with Crippen LogP contribution in [0.1, 0.15) is 86.9 Å². The molecule has 2 nitrogen and oxygen atoms in total. The zero-order valence-electron chi connectivity index (χ0n) is 21.4. The molecule has 0 fully saturated rings. The molecule has 0 amide bonds. The van der Waals surface area contributed by atoms with E-state index in [2.05, 4.69) is 100 Å². The van der Waals surface area contributed by atoms with Crippen LogP contribution in [0.5, 0.6) is 0 Å². The third-order valence-electron chi connectivity index (χ3n) is 6.92. The van der Waals surface area contributed by atoms with Gasteiger partial charge in [-0.3, -0.25) is 9.88 Å². The van der Waals surface area contributed by atoms with Crippen LogP contribution >= 0.6 is 0 Å². The quantitative estimate of drug-likeness (QED) is 0.262. The Morgan fingerprint density at radius 1 is 0.758 bits per heavy atom. The lowest BCUT2D eigenvalue weighted by molar-refractivity contribution is 0.219. The zero-order valence-corrected chi connectivity index (χ0v) is 21.4. The maximum absolute atomic E-state index is 5.11. The van der Waals surface area contributed by atoms with E-state index < -0.39 is 0 Å². The van der Waals surface area contributed by atoms with Gasteiger partial charge in [-0.15, -0.1) is 0 Å². The van der Waals surface area contributed by atoms with Crippen molar-refractivity contribution >= 4 is 0 Å². The fourth-order valence-corrected chi connectivity index (χ4v) is 4.93. The summed E-state index contributed by atoms with van der Waals surface area (Å²) in [6.45, 7) is 9.84. The van der Waals surface area contributed by atoms with Crippen molar-refractivity contribution in [1.29, 1.82) is 0 Å². The van der Waals surface area contributed by atoms with Crippen molar-refractivity contribution in [2.45, 2.75) is 85.2 Å². The minimum absolute atomic E-state index is 0.439. The fraction of sp³-hybridized carbons (Fsp3) is 0.452. The number of benzene rings is 2. The Balaban J connectivity index is 1.82. The fourth-order valence-electron chi connectivity index (χ4n) is 4.93. The van der Waals surface area contributed by atoms with Gasteiger partial charge in [0.15, 0.2) is 0 Å². The highest BCUT2D eigenvalue weighted by atomic mass is 15.1. The van der Waals surface area contributed by atoms with Crippen molar-refractivity contribution in [2.75, 3.05) is 7.05 Å². The van der Waals surface area contributed by atoms with Crippen LogP contribution in [0.4, 0.5) is 0 Å². The van der Waals surface area contributed by atoms with Crippen molar-refractivity contribution in [3.05, 3.63) is 88.6 Å². The number of unbranched alkanes of at least 4 members (excludes halogenated alkanes) is 3. The van der Waals surface area contributed by atoms with E-state index in [1.54, 1.807) is 0 Å².